The molecule has 2 heterocycles. The third-order valence-electron chi connectivity index (χ3n) is 3.79. The number of hydrogen-bond donors (Lipinski definition) is 1. The summed E-state index contributed by atoms with van der Waals surface area (Å²) in [7, 11) is 0. The Morgan fingerprint density at radius 1 is 1.35 bits per heavy atom. The summed E-state index contributed by atoms with van der Waals surface area (Å²) < 4.78 is 40.7. The Labute approximate surface area is 155 Å². The number of halogens is 4. The van der Waals surface area contributed by atoms with Crippen molar-refractivity contribution in [3.63, 3.8) is 0 Å². The molecule has 1 aromatic carbocycles. The smallest absolute Gasteiger partial charge is 0.324 e. The van der Waals surface area contributed by atoms with Gasteiger partial charge in [-0.1, -0.05) is 11.6 Å². The van der Waals surface area contributed by atoms with Gasteiger partial charge in [0, 0.05) is 15.6 Å². The van der Waals surface area contributed by atoms with Crippen LogP contribution in [0.15, 0.2) is 23.1 Å². The third kappa shape index (κ3) is 3.59. The first-order valence-electron chi connectivity index (χ1n) is 7.51. The average molecular weight is 404 g/mol. The van der Waals surface area contributed by atoms with Crippen molar-refractivity contribution >= 4 is 40.9 Å². The van der Waals surface area contributed by atoms with E-state index in [1.165, 1.54) is 10.7 Å². The Balaban J connectivity index is 1.89. The van der Waals surface area contributed by atoms with E-state index < -0.39 is 28.8 Å². The normalized spacial score (nSPS) is 17.0. The minimum absolute atomic E-state index is 0.0941. The van der Waals surface area contributed by atoms with Gasteiger partial charge in [0.05, 0.1) is 28.6 Å². The lowest BCUT2D eigenvalue weighted by molar-refractivity contribution is -0.137. The van der Waals surface area contributed by atoms with Crippen LogP contribution in [0.4, 0.5) is 18.9 Å². The fraction of sp³-hybridized carbons (Fsp3) is 0.312. The molecule has 1 N–H and O–H groups in total. The Morgan fingerprint density at radius 2 is 2.04 bits per heavy atom. The summed E-state index contributed by atoms with van der Waals surface area (Å²) >= 11 is 6.68. The lowest BCUT2D eigenvalue weighted by atomic mass is 10.1. The van der Waals surface area contributed by atoms with Crippen molar-refractivity contribution in [2.24, 2.45) is 0 Å². The molecule has 1 amide bonds. The van der Waals surface area contributed by atoms with Crippen molar-refractivity contribution in [3.05, 3.63) is 40.2 Å². The summed E-state index contributed by atoms with van der Waals surface area (Å²) in [6.45, 7) is 3.44. The summed E-state index contributed by atoms with van der Waals surface area (Å²) in [6.07, 6.45) is -4.86. The van der Waals surface area contributed by atoms with Gasteiger partial charge in [0.1, 0.15) is 0 Å². The predicted octanol–water partition coefficient (Wildman–Crippen LogP) is 4.32. The molecule has 1 aliphatic rings. The molecule has 5 nitrogen and oxygen atoms in total. The quantitative estimate of drug-likeness (QED) is 0.811. The molecular formula is C16H13ClF3N3O2S. The number of amides is 1. The summed E-state index contributed by atoms with van der Waals surface area (Å²) in [6, 6.07) is 3.83. The zero-order chi connectivity index (χ0) is 19.2. The molecule has 1 unspecified atom stereocenters. The topological polar surface area (TPSA) is 64.0 Å². The Kier molecular flexibility index (Phi) is 4.78. The second-order valence-electron chi connectivity index (χ2n) is 5.86. The van der Waals surface area contributed by atoms with Crippen LogP contribution in [-0.4, -0.2) is 26.8 Å². The summed E-state index contributed by atoms with van der Waals surface area (Å²) in [4.78, 5) is 24.8. The van der Waals surface area contributed by atoms with Gasteiger partial charge in [-0.05, 0) is 32.0 Å². The highest BCUT2D eigenvalue weighted by molar-refractivity contribution is 8.01. The van der Waals surface area contributed by atoms with Gasteiger partial charge in [0.25, 0.3) is 0 Å². The molecule has 0 spiro atoms. The van der Waals surface area contributed by atoms with E-state index >= 15 is 0 Å². The fourth-order valence-electron chi connectivity index (χ4n) is 2.70. The van der Waals surface area contributed by atoms with Crippen LogP contribution in [0.1, 0.15) is 28.2 Å². The highest BCUT2D eigenvalue weighted by Crippen LogP contribution is 2.46. The maximum atomic E-state index is 13.2. The van der Waals surface area contributed by atoms with Gasteiger partial charge < -0.3 is 5.32 Å². The number of carbonyl (C=O) groups is 2. The monoisotopic (exact) mass is 403 g/mol. The molecule has 0 radical (unpaired) electrons. The number of aromatic nitrogens is 2. The molecule has 10 heteroatoms. The number of nitrogens with one attached hydrogen (secondary N) is 1. The number of aryl methyl sites for hydroxylation is 2. The maximum Gasteiger partial charge on any atom is 0.418 e. The molecule has 2 aromatic rings. The van der Waals surface area contributed by atoms with Crippen LogP contribution in [0.5, 0.6) is 0 Å². The van der Waals surface area contributed by atoms with Gasteiger partial charge >= 0.3 is 6.18 Å². The Bertz CT molecular complexity index is 911. The van der Waals surface area contributed by atoms with Crippen molar-refractivity contribution in [1.29, 1.82) is 0 Å². The molecule has 0 saturated carbocycles. The maximum absolute atomic E-state index is 13.2. The van der Waals surface area contributed by atoms with E-state index in [4.69, 9.17) is 11.6 Å². The van der Waals surface area contributed by atoms with Crippen molar-refractivity contribution < 1.29 is 22.8 Å². The predicted molar refractivity (Wildman–Crippen MR) is 91.7 cm³/mol. The van der Waals surface area contributed by atoms with Crippen molar-refractivity contribution in [1.82, 2.24) is 9.78 Å². The largest absolute Gasteiger partial charge is 0.418 e. The van der Waals surface area contributed by atoms with E-state index in [0.717, 1.165) is 17.8 Å². The second-order valence-corrected chi connectivity index (χ2v) is 7.54. The minimum atomic E-state index is -4.66. The van der Waals surface area contributed by atoms with Crippen molar-refractivity contribution in [2.75, 3.05) is 5.32 Å². The van der Waals surface area contributed by atoms with E-state index in [1.807, 2.05) is 0 Å². The van der Waals surface area contributed by atoms with Gasteiger partial charge in [-0.25, -0.2) is 4.68 Å². The van der Waals surface area contributed by atoms with Crippen LogP contribution in [0.2, 0.25) is 5.02 Å². The number of rotatable bonds is 2. The van der Waals surface area contributed by atoms with Gasteiger partial charge in [0.15, 0.2) is 0 Å². The lowest BCUT2D eigenvalue weighted by Gasteiger charge is -2.26. The average Bonchev–Trinajstić information content (AvgIpc) is 2.85. The summed E-state index contributed by atoms with van der Waals surface area (Å²) in [5, 5.41) is 5.36. The highest BCUT2D eigenvalue weighted by Gasteiger charge is 2.39. The molecule has 26 heavy (non-hydrogen) atoms. The first kappa shape index (κ1) is 18.8. The molecule has 3 rings (SSSR count). The third-order valence-corrected chi connectivity index (χ3v) is 5.25. The number of carbonyl (C=O) groups excluding carboxylic acids is 2. The van der Waals surface area contributed by atoms with Gasteiger partial charge in [0.2, 0.25) is 11.8 Å². The Hall–Kier alpha value is -2.00. The van der Waals surface area contributed by atoms with Crippen molar-refractivity contribution in [2.45, 2.75) is 36.6 Å². The number of hydrogen-bond acceptors (Lipinski definition) is 4. The van der Waals surface area contributed by atoms with Crippen LogP contribution in [-0.2, 0) is 11.0 Å². The zero-order valence-electron chi connectivity index (χ0n) is 13.6. The van der Waals surface area contributed by atoms with Gasteiger partial charge in [-0.15, -0.1) is 11.8 Å². The fourth-order valence-corrected chi connectivity index (χ4v) is 4.15. The Morgan fingerprint density at radius 3 is 2.62 bits per heavy atom. The van der Waals surface area contributed by atoms with Crippen LogP contribution in [0.3, 0.4) is 0 Å². The minimum Gasteiger partial charge on any atom is -0.324 e. The zero-order valence-corrected chi connectivity index (χ0v) is 15.2. The van der Waals surface area contributed by atoms with Crippen LogP contribution >= 0.6 is 23.4 Å². The van der Waals surface area contributed by atoms with Crippen molar-refractivity contribution in [3.8, 4) is 0 Å². The lowest BCUT2D eigenvalue weighted by Crippen LogP contribution is -2.33. The van der Waals surface area contributed by atoms with E-state index in [9.17, 15) is 22.8 Å². The standard InChI is InChI=1S/C16H13ClF3N3O2S/c1-7-3-8(2)23(22-7)13(24)6-12-15(25)21-14-10(16(18,19)20)4-9(17)5-11(14)26-12/h3-5,12H,6H2,1-2H3,(H,21,25). The molecule has 1 atom stereocenters. The first-order valence-corrected chi connectivity index (χ1v) is 8.76. The SMILES string of the molecule is Cc1cc(C)n(C(=O)CC2Sc3cc(Cl)cc(C(F)(F)F)c3NC2=O)n1. The first-order chi connectivity index (χ1) is 12.1. The number of nitrogens with zero attached hydrogens (tertiary/aromatic N) is 2. The number of thioether (sulfide) groups is 1. The molecule has 1 aliphatic heterocycles. The van der Waals surface area contributed by atoms with Crippen LogP contribution < -0.4 is 5.32 Å². The van der Waals surface area contributed by atoms with E-state index in [0.29, 0.717) is 11.4 Å². The summed E-state index contributed by atoms with van der Waals surface area (Å²) in [5.74, 6) is -1.07. The van der Waals surface area contributed by atoms with Crippen LogP contribution in [0, 0.1) is 13.8 Å². The number of alkyl halides is 3. The highest BCUT2D eigenvalue weighted by atomic mass is 35.5. The van der Waals surface area contributed by atoms with Crippen LogP contribution in [0.25, 0.3) is 0 Å². The molecule has 0 fully saturated rings. The molecule has 0 saturated heterocycles. The van der Waals surface area contributed by atoms with Gasteiger partial charge in [-0.2, -0.15) is 18.3 Å². The molecule has 0 bridgehead atoms. The number of benzene rings is 1. The molecular weight excluding hydrogens is 391 g/mol. The number of anilines is 1. The van der Waals surface area contributed by atoms with Gasteiger partial charge in [-0.3, -0.25) is 9.59 Å². The van der Waals surface area contributed by atoms with E-state index in [2.05, 4.69) is 10.4 Å². The number of fused-ring (bicyclic) bond motifs is 1. The molecule has 0 aliphatic carbocycles. The molecule has 138 valence electrons. The molecule has 1 aromatic heterocycles. The second kappa shape index (κ2) is 6.62. The summed E-state index contributed by atoms with van der Waals surface area (Å²) in [5.41, 5.74) is -0.0593. The van der Waals surface area contributed by atoms with E-state index in [-0.39, 0.29) is 22.0 Å². The van der Waals surface area contributed by atoms with E-state index in [1.54, 1.807) is 19.9 Å².